The van der Waals surface area contributed by atoms with Crippen molar-refractivity contribution in [2.24, 2.45) is 11.8 Å². The van der Waals surface area contributed by atoms with Crippen molar-refractivity contribution in [1.29, 1.82) is 0 Å². The third-order valence-electron chi connectivity index (χ3n) is 5.30. The van der Waals surface area contributed by atoms with Gasteiger partial charge in [0.25, 0.3) is 0 Å². The molecule has 1 aliphatic carbocycles. The zero-order valence-electron chi connectivity index (χ0n) is 11.2. The van der Waals surface area contributed by atoms with Crippen LogP contribution in [0.3, 0.4) is 0 Å². The highest BCUT2D eigenvalue weighted by atomic mass is 15.2. The van der Waals surface area contributed by atoms with Gasteiger partial charge in [-0.1, -0.05) is 25.7 Å². The van der Waals surface area contributed by atoms with Crippen LogP contribution in [0.1, 0.15) is 51.4 Å². The molecule has 0 aromatic rings. The summed E-state index contributed by atoms with van der Waals surface area (Å²) in [6.45, 7) is 5.36. The van der Waals surface area contributed by atoms with E-state index in [0.29, 0.717) is 0 Å². The Labute approximate surface area is 106 Å². The van der Waals surface area contributed by atoms with Crippen LogP contribution in [0.25, 0.3) is 0 Å². The van der Waals surface area contributed by atoms with Gasteiger partial charge < -0.3 is 10.2 Å². The SMILES string of the molecule is C1CCC(CCCNC2CCN3CCC2C3)C1. The molecule has 3 unspecified atom stereocenters. The van der Waals surface area contributed by atoms with E-state index >= 15 is 0 Å². The van der Waals surface area contributed by atoms with Crippen molar-refractivity contribution in [2.75, 3.05) is 26.2 Å². The lowest BCUT2D eigenvalue weighted by Gasteiger charge is -2.31. The zero-order chi connectivity index (χ0) is 11.5. The monoisotopic (exact) mass is 236 g/mol. The number of piperidine rings is 1. The molecule has 0 spiro atoms. The van der Waals surface area contributed by atoms with Crippen LogP contribution in [-0.4, -0.2) is 37.1 Å². The van der Waals surface area contributed by atoms with Crippen molar-refractivity contribution in [3.05, 3.63) is 0 Å². The highest BCUT2D eigenvalue weighted by molar-refractivity contribution is 4.90. The maximum absolute atomic E-state index is 3.85. The molecule has 0 radical (unpaired) electrons. The molecule has 1 N–H and O–H groups in total. The second-order valence-electron chi connectivity index (χ2n) is 6.49. The first-order valence-electron chi connectivity index (χ1n) is 7.87. The molecule has 1 saturated carbocycles. The molecule has 3 fully saturated rings. The number of nitrogens with one attached hydrogen (secondary N) is 1. The lowest BCUT2D eigenvalue weighted by Crippen LogP contribution is -2.44. The van der Waals surface area contributed by atoms with E-state index in [9.17, 15) is 0 Å². The normalized spacial score (nSPS) is 37.8. The largest absolute Gasteiger partial charge is 0.314 e. The Hall–Kier alpha value is -0.0800. The van der Waals surface area contributed by atoms with Crippen molar-refractivity contribution < 1.29 is 0 Å². The number of hydrogen-bond acceptors (Lipinski definition) is 2. The van der Waals surface area contributed by atoms with E-state index < -0.39 is 0 Å². The van der Waals surface area contributed by atoms with Crippen LogP contribution in [0.15, 0.2) is 0 Å². The van der Waals surface area contributed by atoms with Crippen LogP contribution in [0, 0.1) is 11.8 Å². The van der Waals surface area contributed by atoms with Crippen molar-refractivity contribution in [2.45, 2.75) is 57.4 Å². The first-order chi connectivity index (χ1) is 8.42. The molecule has 3 aliphatic rings. The van der Waals surface area contributed by atoms with Gasteiger partial charge in [-0.05, 0) is 57.2 Å². The molecule has 3 rings (SSSR count). The van der Waals surface area contributed by atoms with E-state index in [2.05, 4.69) is 10.2 Å². The van der Waals surface area contributed by atoms with Crippen molar-refractivity contribution in [1.82, 2.24) is 10.2 Å². The summed E-state index contributed by atoms with van der Waals surface area (Å²) in [4.78, 5) is 2.64. The van der Waals surface area contributed by atoms with E-state index in [1.54, 1.807) is 0 Å². The van der Waals surface area contributed by atoms with Crippen LogP contribution in [0.5, 0.6) is 0 Å². The van der Waals surface area contributed by atoms with Crippen LogP contribution in [-0.2, 0) is 0 Å². The summed E-state index contributed by atoms with van der Waals surface area (Å²) in [7, 11) is 0. The summed E-state index contributed by atoms with van der Waals surface area (Å²) in [6, 6.07) is 0.845. The Morgan fingerprint density at radius 2 is 1.82 bits per heavy atom. The van der Waals surface area contributed by atoms with E-state index in [1.165, 1.54) is 77.5 Å². The first-order valence-corrected chi connectivity index (χ1v) is 7.87. The molecule has 3 atom stereocenters. The average molecular weight is 236 g/mol. The molecule has 2 aliphatic heterocycles. The van der Waals surface area contributed by atoms with Gasteiger partial charge in [0.15, 0.2) is 0 Å². The number of nitrogens with zero attached hydrogens (tertiary/aromatic N) is 1. The third kappa shape index (κ3) is 3.03. The maximum atomic E-state index is 3.85. The van der Waals surface area contributed by atoms with Crippen molar-refractivity contribution in [3.63, 3.8) is 0 Å². The molecule has 2 nitrogen and oxygen atoms in total. The molecule has 17 heavy (non-hydrogen) atoms. The Bertz CT molecular complexity index is 235. The second kappa shape index (κ2) is 5.71. The van der Waals surface area contributed by atoms with Gasteiger partial charge in [-0.2, -0.15) is 0 Å². The fourth-order valence-corrected chi connectivity index (χ4v) is 4.20. The summed E-state index contributed by atoms with van der Waals surface area (Å²) < 4.78 is 0. The smallest absolute Gasteiger partial charge is 0.0120 e. The molecule has 0 aromatic carbocycles. The minimum atomic E-state index is 0.845. The molecule has 98 valence electrons. The van der Waals surface area contributed by atoms with Crippen LogP contribution < -0.4 is 5.32 Å². The lowest BCUT2D eigenvalue weighted by molar-refractivity contribution is 0.220. The predicted octanol–water partition coefficient (Wildman–Crippen LogP) is 2.64. The topological polar surface area (TPSA) is 15.3 Å². The minimum absolute atomic E-state index is 0.845. The van der Waals surface area contributed by atoms with Gasteiger partial charge >= 0.3 is 0 Å². The Kier molecular flexibility index (Phi) is 4.02. The highest BCUT2D eigenvalue weighted by Crippen LogP contribution is 2.29. The summed E-state index contributed by atoms with van der Waals surface area (Å²) in [6.07, 6.45) is 11.8. The van der Waals surface area contributed by atoms with Crippen LogP contribution in [0.4, 0.5) is 0 Å². The summed E-state index contributed by atoms with van der Waals surface area (Å²) in [5.41, 5.74) is 0. The predicted molar refractivity (Wildman–Crippen MR) is 72.1 cm³/mol. The number of fused-ring (bicyclic) bond motifs is 2. The minimum Gasteiger partial charge on any atom is -0.314 e. The number of rotatable bonds is 5. The fourth-order valence-electron chi connectivity index (χ4n) is 4.20. The van der Waals surface area contributed by atoms with E-state index in [-0.39, 0.29) is 0 Å². The quantitative estimate of drug-likeness (QED) is 0.738. The average Bonchev–Trinajstić information content (AvgIpc) is 2.97. The summed E-state index contributed by atoms with van der Waals surface area (Å²) >= 11 is 0. The van der Waals surface area contributed by atoms with E-state index in [1.807, 2.05) is 0 Å². The van der Waals surface area contributed by atoms with Gasteiger partial charge in [-0.15, -0.1) is 0 Å². The third-order valence-corrected chi connectivity index (χ3v) is 5.30. The maximum Gasteiger partial charge on any atom is 0.0120 e. The Balaban J connectivity index is 1.31. The van der Waals surface area contributed by atoms with Gasteiger partial charge in [0.05, 0.1) is 0 Å². The molecule has 2 heteroatoms. The summed E-state index contributed by atoms with van der Waals surface area (Å²) in [5, 5.41) is 3.85. The second-order valence-corrected chi connectivity index (χ2v) is 6.49. The molecule has 2 heterocycles. The molecular weight excluding hydrogens is 208 g/mol. The van der Waals surface area contributed by atoms with Crippen LogP contribution in [0.2, 0.25) is 0 Å². The molecule has 2 saturated heterocycles. The summed E-state index contributed by atoms with van der Waals surface area (Å²) in [5.74, 6) is 2.04. The number of hydrogen-bond donors (Lipinski definition) is 1. The van der Waals surface area contributed by atoms with Crippen molar-refractivity contribution >= 4 is 0 Å². The molecule has 0 amide bonds. The highest BCUT2D eigenvalue weighted by Gasteiger charge is 2.33. The van der Waals surface area contributed by atoms with Gasteiger partial charge in [0, 0.05) is 12.6 Å². The zero-order valence-corrected chi connectivity index (χ0v) is 11.2. The fraction of sp³-hybridized carbons (Fsp3) is 1.00. The van der Waals surface area contributed by atoms with Crippen molar-refractivity contribution in [3.8, 4) is 0 Å². The van der Waals surface area contributed by atoms with Gasteiger partial charge in [0.1, 0.15) is 0 Å². The molecular formula is C15H28N2. The van der Waals surface area contributed by atoms with Gasteiger partial charge in [0.2, 0.25) is 0 Å². The van der Waals surface area contributed by atoms with E-state index in [4.69, 9.17) is 0 Å². The lowest BCUT2D eigenvalue weighted by atomic mass is 9.94. The van der Waals surface area contributed by atoms with Gasteiger partial charge in [-0.25, -0.2) is 0 Å². The molecule has 2 bridgehead atoms. The first kappa shape index (κ1) is 12.0. The standard InChI is InChI=1S/C15H28N2/c1-2-5-13(4-1)6-3-9-16-15-8-11-17-10-7-14(15)12-17/h13-16H,1-12H2. The Morgan fingerprint density at radius 1 is 1.00 bits per heavy atom. The van der Waals surface area contributed by atoms with Crippen LogP contribution >= 0.6 is 0 Å². The Morgan fingerprint density at radius 3 is 2.71 bits per heavy atom. The van der Waals surface area contributed by atoms with E-state index in [0.717, 1.165) is 17.9 Å². The molecule has 0 aromatic heterocycles. The van der Waals surface area contributed by atoms with Gasteiger partial charge in [-0.3, -0.25) is 0 Å².